The fraction of sp³-hybridized carbons (Fsp3) is 0.538. The summed E-state index contributed by atoms with van der Waals surface area (Å²) >= 11 is 5.81. The molecule has 0 amide bonds. The third-order valence-corrected chi connectivity index (χ3v) is 5.99. The SMILES string of the molecule is COC1CCN(S(=O)(=O)c2cc(C(F)(F)F)ccc2Cl)CC1. The zero-order chi connectivity index (χ0) is 16.5. The molecule has 0 spiro atoms. The number of piperidine rings is 1. The van der Waals surface area contributed by atoms with Gasteiger partial charge in [0.05, 0.1) is 16.7 Å². The van der Waals surface area contributed by atoms with Gasteiger partial charge in [0, 0.05) is 20.2 Å². The minimum absolute atomic E-state index is 0.0385. The number of halogens is 4. The molecular weight excluding hydrogens is 343 g/mol. The molecule has 0 radical (unpaired) electrons. The van der Waals surface area contributed by atoms with Crippen LogP contribution in [0.4, 0.5) is 13.2 Å². The highest BCUT2D eigenvalue weighted by atomic mass is 35.5. The molecule has 22 heavy (non-hydrogen) atoms. The quantitative estimate of drug-likeness (QED) is 0.834. The van der Waals surface area contributed by atoms with Gasteiger partial charge in [-0.2, -0.15) is 17.5 Å². The van der Waals surface area contributed by atoms with E-state index in [1.165, 1.54) is 0 Å². The molecule has 0 aliphatic carbocycles. The van der Waals surface area contributed by atoms with Gasteiger partial charge in [-0.15, -0.1) is 0 Å². The van der Waals surface area contributed by atoms with E-state index in [4.69, 9.17) is 16.3 Å². The third kappa shape index (κ3) is 3.56. The van der Waals surface area contributed by atoms with Crippen LogP contribution in [-0.2, 0) is 20.9 Å². The van der Waals surface area contributed by atoms with Gasteiger partial charge in [0.25, 0.3) is 0 Å². The lowest BCUT2D eigenvalue weighted by Crippen LogP contribution is -2.40. The molecule has 1 aliphatic heterocycles. The van der Waals surface area contributed by atoms with Crippen molar-refractivity contribution >= 4 is 21.6 Å². The molecule has 0 bridgehead atoms. The molecule has 0 saturated carbocycles. The van der Waals surface area contributed by atoms with Crippen LogP contribution in [-0.4, -0.2) is 39.0 Å². The highest BCUT2D eigenvalue weighted by molar-refractivity contribution is 7.89. The zero-order valence-corrected chi connectivity index (χ0v) is 13.3. The normalized spacial score (nSPS) is 18.6. The van der Waals surface area contributed by atoms with Crippen molar-refractivity contribution in [3.8, 4) is 0 Å². The number of rotatable bonds is 3. The Morgan fingerprint density at radius 2 is 1.86 bits per heavy atom. The van der Waals surface area contributed by atoms with E-state index in [0.29, 0.717) is 18.9 Å². The van der Waals surface area contributed by atoms with Crippen molar-refractivity contribution in [1.29, 1.82) is 0 Å². The predicted molar refractivity (Wildman–Crippen MR) is 75.2 cm³/mol. The van der Waals surface area contributed by atoms with Gasteiger partial charge in [0.2, 0.25) is 10.0 Å². The van der Waals surface area contributed by atoms with Crippen molar-refractivity contribution in [1.82, 2.24) is 4.31 Å². The molecule has 0 aromatic heterocycles. The summed E-state index contributed by atoms with van der Waals surface area (Å²) in [7, 11) is -2.52. The Bertz CT molecular complexity index is 640. The number of sulfonamides is 1. The first-order chi connectivity index (χ1) is 10.2. The molecule has 0 atom stereocenters. The van der Waals surface area contributed by atoms with E-state index in [0.717, 1.165) is 16.4 Å². The highest BCUT2D eigenvalue weighted by Crippen LogP contribution is 2.35. The van der Waals surface area contributed by atoms with Crippen LogP contribution in [0.3, 0.4) is 0 Å². The summed E-state index contributed by atoms with van der Waals surface area (Å²) in [4.78, 5) is -0.514. The number of nitrogens with zero attached hydrogens (tertiary/aromatic N) is 1. The standard InChI is InChI=1S/C13H15ClF3NO3S/c1-21-10-4-6-18(7-5-10)22(19,20)12-8-9(13(15,16)17)2-3-11(12)14/h2-3,8,10H,4-7H2,1H3. The van der Waals surface area contributed by atoms with Crippen LogP contribution in [0.25, 0.3) is 0 Å². The number of hydrogen-bond donors (Lipinski definition) is 0. The lowest BCUT2D eigenvalue weighted by molar-refractivity contribution is -0.137. The molecule has 1 saturated heterocycles. The molecule has 1 aromatic carbocycles. The smallest absolute Gasteiger partial charge is 0.381 e. The molecule has 2 rings (SSSR count). The molecule has 1 heterocycles. The summed E-state index contributed by atoms with van der Waals surface area (Å²) in [5.74, 6) is 0. The van der Waals surface area contributed by atoms with Crippen molar-refractivity contribution in [2.45, 2.75) is 30.0 Å². The number of methoxy groups -OCH3 is 1. The van der Waals surface area contributed by atoms with E-state index in [9.17, 15) is 21.6 Å². The number of benzene rings is 1. The van der Waals surface area contributed by atoms with Crippen LogP contribution < -0.4 is 0 Å². The van der Waals surface area contributed by atoms with Crippen LogP contribution in [0, 0.1) is 0 Å². The summed E-state index contributed by atoms with van der Waals surface area (Å²) in [6, 6.07) is 2.30. The molecule has 1 aromatic rings. The maximum atomic E-state index is 12.8. The number of alkyl halides is 3. The Balaban J connectivity index is 2.34. The maximum absolute atomic E-state index is 12.8. The molecule has 4 nitrogen and oxygen atoms in total. The Morgan fingerprint density at radius 1 is 1.27 bits per heavy atom. The van der Waals surface area contributed by atoms with Crippen LogP contribution in [0.1, 0.15) is 18.4 Å². The van der Waals surface area contributed by atoms with Crippen molar-refractivity contribution in [2.75, 3.05) is 20.2 Å². The average Bonchev–Trinajstić information content (AvgIpc) is 2.46. The van der Waals surface area contributed by atoms with Gasteiger partial charge in [-0.05, 0) is 31.0 Å². The monoisotopic (exact) mass is 357 g/mol. The van der Waals surface area contributed by atoms with Gasteiger partial charge >= 0.3 is 6.18 Å². The predicted octanol–water partition coefficient (Wildman–Crippen LogP) is 3.16. The van der Waals surface area contributed by atoms with E-state index < -0.39 is 26.7 Å². The molecular formula is C13H15ClF3NO3S. The Morgan fingerprint density at radius 3 is 2.36 bits per heavy atom. The second-order valence-electron chi connectivity index (χ2n) is 4.98. The first-order valence-electron chi connectivity index (χ1n) is 6.56. The fourth-order valence-corrected chi connectivity index (χ4v) is 4.29. The number of ether oxygens (including phenoxy) is 1. The van der Waals surface area contributed by atoms with Gasteiger partial charge in [-0.1, -0.05) is 11.6 Å². The first kappa shape index (κ1) is 17.5. The number of hydrogen-bond acceptors (Lipinski definition) is 3. The van der Waals surface area contributed by atoms with E-state index in [-0.39, 0.29) is 24.2 Å². The first-order valence-corrected chi connectivity index (χ1v) is 8.37. The largest absolute Gasteiger partial charge is 0.416 e. The minimum Gasteiger partial charge on any atom is -0.381 e. The van der Waals surface area contributed by atoms with Crippen LogP contribution in [0.15, 0.2) is 23.1 Å². The van der Waals surface area contributed by atoms with Crippen LogP contribution in [0.2, 0.25) is 5.02 Å². The lowest BCUT2D eigenvalue weighted by Gasteiger charge is -2.30. The third-order valence-electron chi connectivity index (χ3n) is 3.61. The second-order valence-corrected chi connectivity index (χ2v) is 7.30. The Kier molecular flexibility index (Phi) is 5.06. The summed E-state index contributed by atoms with van der Waals surface area (Å²) in [5.41, 5.74) is -1.04. The fourth-order valence-electron chi connectivity index (χ4n) is 2.32. The lowest BCUT2D eigenvalue weighted by atomic mass is 10.1. The summed E-state index contributed by atoms with van der Waals surface area (Å²) < 4.78 is 69.6. The van der Waals surface area contributed by atoms with Gasteiger partial charge < -0.3 is 4.74 Å². The molecule has 124 valence electrons. The molecule has 0 unspecified atom stereocenters. The summed E-state index contributed by atoms with van der Waals surface area (Å²) in [5, 5.41) is -0.220. The van der Waals surface area contributed by atoms with Crippen molar-refractivity contribution in [3.05, 3.63) is 28.8 Å². The van der Waals surface area contributed by atoms with E-state index in [2.05, 4.69) is 0 Å². The van der Waals surface area contributed by atoms with Crippen molar-refractivity contribution in [2.24, 2.45) is 0 Å². The molecule has 9 heteroatoms. The maximum Gasteiger partial charge on any atom is 0.416 e. The van der Waals surface area contributed by atoms with Crippen LogP contribution >= 0.6 is 11.6 Å². The van der Waals surface area contributed by atoms with Crippen molar-refractivity contribution in [3.63, 3.8) is 0 Å². The minimum atomic E-state index is -4.63. The second kappa shape index (κ2) is 6.35. The summed E-state index contributed by atoms with van der Waals surface area (Å²) in [6.07, 6.45) is -3.68. The highest BCUT2D eigenvalue weighted by Gasteiger charge is 2.35. The van der Waals surface area contributed by atoms with Crippen molar-refractivity contribution < 1.29 is 26.3 Å². The van der Waals surface area contributed by atoms with E-state index in [1.807, 2.05) is 0 Å². The van der Waals surface area contributed by atoms with E-state index >= 15 is 0 Å². The molecule has 1 aliphatic rings. The van der Waals surface area contributed by atoms with Gasteiger partial charge in [-0.25, -0.2) is 8.42 Å². The van der Waals surface area contributed by atoms with Gasteiger partial charge in [0.1, 0.15) is 4.90 Å². The Hall–Kier alpha value is -0.830. The summed E-state index contributed by atoms with van der Waals surface area (Å²) in [6.45, 7) is 0.376. The van der Waals surface area contributed by atoms with E-state index in [1.54, 1.807) is 7.11 Å². The topological polar surface area (TPSA) is 46.6 Å². The zero-order valence-electron chi connectivity index (χ0n) is 11.7. The molecule has 1 fully saturated rings. The van der Waals surface area contributed by atoms with Gasteiger partial charge in [-0.3, -0.25) is 0 Å². The van der Waals surface area contributed by atoms with Gasteiger partial charge in [0.15, 0.2) is 0 Å². The molecule has 0 N–H and O–H groups in total. The van der Waals surface area contributed by atoms with Crippen LogP contribution in [0.5, 0.6) is 0 Å². The average molecular weight is 358 g/mol. The Labute approximate surface area is 131 Å².